The number of hydrogen-bond donors (Lipinski definition) is 1. The van der Waals surface area contributed by atoms with Crippen LogP contribution in [0.25, 0.3) is 0 Å². The largest absolute Gasteiger partial charge is 0.449 e. The number of hydrogen-bond acceptors (Lipinski definition) is 2. The van der Waals surface area contributed by atoms with Crippen molar-refractivity contribution in [1.82, 2.24) is 4.98 Å². The first-order chi connectivity index (χ1) is 4.33. The molecular weight excluding hydrogens is 120 g/mol. The molecule has 0 amide bonds. The summed E-state index contributed by atoms with van der Waals surface area (Å²) in [5, 5.41) is 8.47. The van der Waals surface area contributed by atoms with Gasteiger partial charge in [0.1, 0.15) is 0 Å². The maximum absolute atomic E-state index is 12.1. The molecule has 1 N–H and O–H groups in total. The molecular formula is C5H5BFNO. The molecule has 0 atom stereocenters. The summed E-state index contributed by atoms with van der Waals surface area (Å²) in [6.45, 7) is 0. The third-order valence-electron chi connectivity index (χ3n) is 0.974. The van der Waals surface area contributed by atoms with Crippen molar-refractivity contribution >= 4 is 12.9 Å². The van der Waals surface area contributed by atoms with Gasteiger partial charge < -0.3 is 5.02 Å². The highest BCUT2D eigenvalue weighted by Gasteiger charge is 1.93. The van der Waals surface area contributed by atoms with Gasteiger partial charge in [0.15, 0.2) is 0 Å². The lowest BCUT2D eigenvalue weighted by molar-refractivity contribution is 0.582. The van der Waals surface area contributed by atoms with E-state index in [9.17, 15) is 4.39 Å². The minimum Gasteiger partial charge on any atom is -0.449 e. The molecule has 0 saturated carbocycles. The molecule has 2 nitrogen and oxygen atoms in total. The predicted octanol–water partition coefficient (Wildman–Crippen LogP) is -0.810. The first-order valence-corrected chi connectivity index (χ1v) is 2.54. The molecule has 0 aliphatic heterocycles. The van der Waals surface area contributed by atoms with Crippen LogP contribution in [-0.2, 0) is 0 Å². The fourth-order valence-electron chi connectivity index (χ4n) is 0.541. The van der Waals surface area contributed by atoms with E-state index in [1.165, 1.54) is 12.3 Å². The molecule has 9 heavy (non-hydrogen) atoms. The summed E-state index contributed by atoms with van der Waals surface area (Å²) in [4.78, 5) is 3.31. The van der Waals surface area contributed by atoms with Crippen LogP contribution in [0.4, 0.5) is 4.39 Å². The van der Waals surface area contributed by atoms with Crippen molar-refractivity contribution in [2.45, 2.75) is 0 Å². The van der Waals surface area contributed by atoms with Crippen molar-refractivity contribution in [3.05, 3.63) is 24.3 Å². The second-order valence-electron chi connectivity index (χ2n) is 1.64. The molecule has 0 radical (unpaired) electrons. The van der Waals surface area contributed by atoms with Gasteiger partial charge in [0.2, 0.25) is 5.95 Å². The molecule has 0 spiro atoms. The van der Waals surface area contributed by atoms with Gasteiger partial charge in [-0.15, -0.1) is 0 Å². The Morgan fingerprint density at radius 2 is 2.44 bits per heavy atom. The van der Waals surface area contributed by atoms with Gasteiger partial charge in [-0.25, -0.2) is 4.98 Å². The van der Waals surface area contributed by atoms with E-state index in [0.717, 1.165) is 0 Å². The van der Waals surface area contributed by atoms with Gasteiger partial charge in [0.25, 0.3) is 0 Å². The summed E-state index contributed by atoms with van der Waals surface area (Å²) in [6, 6.07) is 2.75. The van der Waals surface area contributed by atoms with Crippen molar-refractivity contribution in [2.24, 2.45) is 0 Å². The Labute approximate surface area is 52.6 Å². The Bertz CT molecular complexity index is 206. The highest BCUT2D eigenvalue weighted by Crippen LogP contribution is 1.84. The van der Waals surface area contributed by atoms with Gasteiger partial charge >= 0.3 is 7.48 Å². The molecule has 4 heteroatoms. The molecule has 0 saturated heterocycles. The van der Waals surface area contributed by atoms with E-state index in [-0.39, 0.29) is 7.48 Å². The van der Waals surface area contributed by atoms with E-state index in [2.05, 4.69) is 4.98 Å². The minimum atomic E-state index is -0.554. The summed E-state index contributed by atoms with van der Waals surface area (Å²) < 4.78 is 12.1. The lowest BCUT2D eigenvalue weighted by Gasteiger charge is -1.89. The Morgan fingerprint density at radius 3 is 2.89 bits per heavy atom. The SMILES string of the molecule is OBc1ccnc(F)c1. The van der Waals surface area contributed by atoms with Crippen LogP contribution in [0.5, 0.6) is 0 Å². The molecule has 46 valence electrons. The third-order valence-corrected chi connectivity index (χ3v) is 0.974. The molecule has 0 fully saturated rings. The molecule has 1 aromatic heterocycles. The van der Waals surface area contributed by atoms with E-state index < -0.39 is 5.95 Å². The van der Waals surface area contributed by atoms with Crippen LogP contribution >= 0.6 is 0 Å². The lowest BCUT2D eigenvalue weighted by atomic mass is 9.90. The van der Waals surface area contributed by atoms with Crippen LogP contribution in [-0.4, -0.2) is 17.5 Å². The number of pyridine rings is 1. The van der Waals surface area contributed by atoms with Gasteiger partial charge in [-0.2, -0.15) is 4.39 Å². The minimum absolute atomic E-state index is 0.139. The Morgan fingerprint density at radius 1 is 1.67 bits per heavy atom. The van der Waals surface area contributed by atoms with Crippen molar-refractivity contribution in [3.8, 4) is 0 Å². The zero-order valence-electron chi connectivity index (χ0n) is 4.71. The smallest absolute Gasteiger partial charge is 0.305 e. The van der Waals surface area contributed by atoms with Crippen LogP contribution < -0.4 is 5.46 Å². The maximum atomic E-state index is 12.1. The first-order valence-electron chi connectivity index (χ1n) is 2.54. The molecule has 0 unspecified atom stereocenters. The summed E-state index contributed by atoms with van der Waals surface area (Å²) in [7, 11) is -0.139. The van der Waals surface area contributed by atoms with Crippen molar-refractivity contribution in [1.29, 1.82) is 0 Å². The fourth-order valence-corrected chi connectivity index (χ4v) is 0.541. The van der Waals surface area contributed by atoms with E-state index >= 15 is 0 Å². The molecule has 1 rings (SSSR count). The molecule has 0 aliphatic carbocycles. The van der Waals surface area contributed by atoms with E-state index in [1.54, 1.807) is 6.07 Å². The normalized spacial score (nSPS) is 9.11. The van der Waals surface area contributed by atoms with Crippen LogP contribution in [0.3, 0.4) is 0 Å². The fraction of sp³-hybridized carbons (Fsp3) is 0. The predicted molar refractivity (Wildman–Crippen MR) is 33.2 cm³/mol. The van der Waals surface area contributed by atoms with E-state index in [1.807, 2.05) is 0 Å². The highest BCUT2D eigenvalue weighted by molar-refractivity contribution is 6.45. The van der Waals surface area contributed by atoms with Crippen LogP contribution in [0.1, 0.15) is 0 Å². The second kappa shape index (κ2) is 2.59. The van der Waals surface area contributed by atoms with Crippen LogP contribution in [0.15, 0.2) is 18.3 Å². The Hall–Kier alpha value is -0.895. The molecule has 0 aromatic carbocycles. The van der Waals surface area contributed by atoms with Crippen molar-refractivity contribution < 1.29 is 9.41 Å². The third kappa shape index (κ3) is 1.50. The molecule has 0 bridgehead atoms. The first kappa shape index (κ1) is 6.23. The Balaban J connectivity index is 2.94. The quantitative estimate of drug-likeness (QED) is 0.393. The van der Waals surface area contributed by atoms with E-state index in [0.29, 0.717) is 5.46 Å². The summed E-state index contributed by atoms with van der Waals surface area (Å²) in [5.41, 5.74) is 0.544. The average Bonchev–Trinajstić information content (AvgIpc) is 1.88. The van der Waals surface area contributed by atoms with Gasteiger partial charge in [0, 0.05) is 6.20 Å². The van der Waals surface area contributed by atoms with Crippen LogP contribution in [0, 0.1) is 5.95 Å². The number of nitrogens with zero attached hydrogens (tertiary/aromatic N) is 1. The second-order valence-corrected chi connectivity index (χ2v) is 1.64. The molecule has 1 heterocycles. The van der Waals surface area contributed by atoms with Crippen molar-refractivity contribution in [3.63, 3.8) is 0 Å². The van der Waals surface area contributed by atoms with Crippen LogP contribution in [0.2, 0.25) is 0 Å². The average molecular weight is 125 g/mol. The maximum Gasteiger partial charge on any atom is 0.305 e. The topological polar surface area (TPSA) is 33.1 Å². The number of rotatable bonds is 1. The lowest BCUT2D eigenvalue weighted by Crippen LogP contribution is -2.13. The Kier molecular flexibility index (Phi) is 1.79. The van der Waals surface area contributed by atoms with Gasteiger partial charge in [-0.3, -0.25) is 0 Å². The number of aromatic nitrogens is 1. The van der Waals surface area contributed by atoms with Crippen molar-refractivity contribution in [2.75, 3.05) is 0 Å². The monoisotopic (exact) mass is 125 g/mol. The molecule has 1 aromatic rings. The summed E-state index contributed by atoms with van der Waals surface area (Å²) in [5.74, 6) is -0.554. The summed E-state index contributed by atoms with van der Waals surface area (Å²) >= 11 is 0. The summed E-state index contributed by atoms with van der Waals surface area (Å²) in [6.07, 6.45) is 1.32. The standard InChI is InChI=1S/C5H5BFNO/c7-5-3-4(6-9)1-2-8-5/h1-3,6,9H. The van der Waals surface area contributed by atoms with Gasteiger partial charge in [-0.1, -0.05) is 0 Å². The molecule has 0 aliphatic rings. The highest BCUT2D eigenvalue weighted by atomic mass is 19.1. The number of halogens is 1. The van der Waals surface area contributed by atoms with Gasteiger partial charge in [-0.05, 0) is 17.6 Å². The van der Waals surface area contributed by atoms with Gasteiger partial charge in [0.05, 0.1) is 0 Å². The zero-order valence-corrected chi connectivity index (χ0v) is 4.71. The zero-order chi connectivity index (χ0) is 6.69. The van der Waals surface area contributed by atoms with E-state index in [4.69, 9.17) is 5.02 Å².